The molecule has 3 rings (SSSR count). The molecule has 1 fully saturated rings. The Bertz CT molecular complexity index is 605. The largest absolute Gasteiger partial charge is 0.481 e. The predicted octanol–water partition coefficient (Wildman–Crippen LogP) is 0.822. The fourth-order valence-corrected chi connectivity index (χ4v) is 2.66. The summed E-state index contributed by atoms with van der Waals surface area (Å²) in [6.07, 6.45) is 6.67. The summed E-state index contributed by atoms with van der Waals surface area (Å²) in [6, 6.07) is 0. The number of hydrogen-bond donors (Lipinski definition) is 2. The highest BCUT2D eigenvalue weighted by Crippen LogP contribution is 2.29. The molecule has 8 heteroatoms. The number of rotatable bonds is 4. The SMILES string of the molecule is O=C(O)C1CCC(CNc2cncc3nnnn23)CC1. The second-order valence-electron chi connectivity index (χ2n) is 5.18. The van der Waals surface area contributed by atoms with E-state index < -0.39 is 5.97 Å². The van der Waals surface area contributed by atoms with Gasteiger partial charge in [-0.25, -0.2) is 0 Å². The Kier molecular flexibility index (Phi) is 3.44. The van der Waals surface area contributed by atoms with Gasteiger partial charge in [-0.05, 0) is 42.0 Å². The Hall–Kier alpha value is -2.25. The second kappa shape index (κ2) is 5.40. The standard InChI is InChI=1S/C12H16N6O2/c19-12(20)9-3-1-8(2-4-9)5-14-10-6-13-7-11-15-16-17-18(10)11/h6-9,14H,1-5H2,(H,19,20). The Morgan fingerprint density at radius 1 is 1.35 bits per heavy atom. The van der Waals surface area contributed by atoms with E-state index >= 15 is 0 Å². The highest BCUT2D eigenvalue weighted by Gasteiger charge is 2.25. The number of fused-ring (bicyclic) bond motifs is 1. The van der Waals surface area contributed by atoms with Gasteiger partial charge in [0.05, 0.1) is 18.3 Å². The Morgan fingerprint density at radius 2 is 2.15 bits per heavy atom. The lowest BCUT2D eigenvalue weighted by Crippen LogP contribution is -2.25. The summed E-state index contributed by atoms with van der Waals surface area (Å²) in [5.41, 5.74) is 0.601. The third kappa shape index (κ3) is 2.54. The molecule has 1 aliphatic carbocycles. The molecule has 0 radical (unpaired) electrons. The number of tetrazole rings is 1. The number of carboxylic acid groups (broad SMARTS) is 1. The number of anilines is 1. The van der Waals surface area contributed by atoms with E-state index in [4.69, 9.17) is 5.11 Å². The summed E-state index contributed by atoms with van der Waals surface area (Å²) in [5.74, 6) is 0.403. The van der Waals surface area contributed by atoms with E-state index in [9.17, 15) is 4.79 Å². The van der Waals surface area contributed by atoms with Gasteiger partial charge in [-0.2, -0.15) is 4.52 Å². The van der Waals surface area contributed by atoms with Crippen LogP contribution in [-0.4, -0.2) is 42.6 Å². The molecule has 2 heterocycles. The molecule has 0 unspecified atom stereocenters. The molecule has 1 saturated carbocycles. The highest BCUT2D eigenvalue weighted by atomic mass is 16.4. The maximum atomic E-state index is 10.9. The molecule has 0 amide bonds. The maximum absolute atomic E-state index is 10.9. The number of nitrogens with one attached hydrogen (secondary N) is 1. The zero-order valence-electron chi connectivity index (χ0n) is 10.9. The van der Waals surface area contributed by atoms with Crippen molar-refractivity contribution in [3.63, 3.8) is 0 Å². The van der Waals surface area contributed by atoms with Crippen LogP contribution in [0.1, 0.15) is 25.7 Å². The summed E-state index contributed by atoms with van der Waals surface area (Å²) in [4.78, 5) is 15.0. The number of carboxylic acids is 1. The van der Waals surface area contributed by atoms with Gasteiger partial charge in [0.1, 0.15) is 5.82 Å². The first-order valence-electron chi connectivity index (χ1n) is 6.73. The number of nitrogens with zero attached hydrogens (tertiary/aromatic N) is 5. The van der Waals surface area contributed by atoms with Gasteiger partial charge in [0, 0.05) is 6.54 Å². The van der Waals surface area contributed by atoms with E-state index in [1.54, 1.807) is 16.9 Å². The molecule has 106 valence electrons. The molecule has 0 aliphatic heterocycles. The van der Waals surface area contributed by atoms with Crippen LogP contribution in [0.2, 0.25) is 0 Å². The van der Waals surface area contributed by atoms with Crippen LogP contribution in [0.3, 0.4) is 0 Å². The van der Waals surface area contributed by atoms with Crippen LogP contribution in [0.25, 0.3) is 5.65 Å². The first kappa shape index (κ1) is 12.8. The van der Waals surface area contributed by atoms with Crippen molar-refractivity contribution in [3.8, 4) is 0 Å². The summed E-state index contributed by atoms with van der Waals surface area (Å²) < 4.78 is 1.61. The maximum Gasteiger partial charge on any atom is 0.306 e. The van der Waals surface area contributed by atoms with Crippen LogP contribution in [0.4, 0.5) is 5.82 Å². The molecule has 2 N–H and O–H groups in total. The van der Waals surface area contributed by atoms with Gasteiger partial charge in [-0.15, -0.1) is 5.10 Å². The molecule has 0 spiro atoms. The molecule has 2 aromatic heterocycles. The minimum Gasteiger partial charge on any atom is -0.481 e. The second-order valence-corrected chi connectivity index (χ2v) is 5.18. The van der Waals surface area contributed by atoms with Crippen LogP contribution >= 0.6 is 0 Å². The Morgan fingerprint density at radius 3 is 2.90 bits per heavy atom. The molecular formula is C12H16N6O2. The number of aromatic nitrogens is 5. The van der Waals surface area contributed by atoms with E-state index in [2.05, 4.69) is 25.8 Å². The molecule has 0 aromatic carbocycles. The fourth-order valence-electron chi connectivity index (χ4n) is 2.66. The van der Waals surface area contributed by atoms with Gasteiger partial charge in [0.2, 0.25) is 0 Å². The average Bonchev–Trinajstić information content (AvgIpc) is 2.94. The summed E-state index contributed by atoms with van der Waals surface area (Å²) in [5, 5.41) is 23.6. The lowest BCUT2D eigenvalue weighted by atomic mass is 9.82. The van der Waals surface area contributed by atoms with Gasteiger partial charge >= 0.3 is 5.97 Å². The molecule has 20 heavy (non-hydrogen) atoms. The monoisotopic (exact) mass is 276 g/mol. The predicted molar refractivity (Wildman–Crippen MR) is 70.2 cm³/mol. The molecule has 8 nitrogen and oxygen atoms in total. The number of hydrogen-bond acceptors (Lipinski definition) is 6. The Labute approximate surface area is 115 Å². The van der Waals surface area contributed by atoms with Gasteiger partial charge in [0.15, 0.2) is 5.65 Å². The molecule has 1 aliphatic rings. The minimum absolute atomic E-state index is 0.170. The topological polar surface area (TPSA) is 105 Å². The van der Waals surface area contributed by atoms with Crippen molar-refractivity contribution in [2.24, 2.45) is 11.8 Å². The third-order valence-electron chi connectivity index (χ3n) is 3.88. The van der Waals surface area contributed by atoms with Crippen molar-refractivity contribution in [2.75, 3.05) is 11.9 Å². The van der Waals surface area contributed by atoms with E-state index in [-0.39, 0.29) is 5.92 Å². The molecule has 0 saturated heterocycles. The van der Waals surface area contributed by atoms with E-state index in [1.807, 2.05) is 0 Å². The number of carbonyl (C=O) groups is 1. The van der Waals surface area contributed by atoms with Crippen LogP contribution in [0.5, 0.6) is 0 Å². The molecule has 0 bridgehead atoms. The normalized spacial score (nSPS) is 22.8. The van der Waals surface area contributed by atoms with Gasteiger partial charge in [0.25, 0.3) is 0 Å². The highest BCUT2D eigenvalue weighted by molar-refractivity contribution is 5.70. The summed E-state index contributed by atoms with van der Waals surface area (Å²) in [7, 11) is 0. The fraction of sp³-hybridized carbons (Fsp3) is 0.583. The summed E-state index contributed by atoms with van der Waals surface area (Å²) in [6.45, 7) is 0.785. The van der Waals surface area contributed by atoms with E-state index in [1.165, 1.54) is 0 Å². The lowest BCUT2D eigenvalue weighted by molar-refractivity contribution is -0.143. The van der Waals surface area contributed by atoms with E-state index in [0.717, 1.165) is 38.0 Å². The average molecular weight is 276 g/mol. The van der Waals surface area contributed by atoms with Crippen molar-refractivity contribution >= 4 is 17.4 Å². The molecule has 0 atom stereocenters. The van der Waals surface area contributed by atoms with Crippen molar-refractivity contribution < 1.29 is 9.90 Å². The van der Waals surface area contributed by atoms with Crippen LogP contribution in [-0.2, 0) is 4.79 Å². The lowest BCUT2D eigenvalue weighted by Gasteiger charge is -2.26. The Balaban J connectivity index is 1.58. The summed E-state index contributed by atoms with van der Waals surface area (Å²) >= 11 is 0. The van der Waals surface area contributed by atoms with Crippen LogP contribution in [0.15, 0.2) is 12.4 Å². The van der Waals surface area contributed by atoms with E-state index in [0.29, 0.717) is 11.6 Å². The molecular weight excluding hydrogens is 260 g/mol. The van der Waals surface area contributed by atoms with Crippen LogP contribution in [0, 0.1) is 11.8 Å². The zero-order chi connectivity index (χ0) is 13.9. The minimum atomic E-state index is -0.668. The quantitative estimate of drug-likeness (QED) is 0.851. The van der Waals surface area contributed by atoms with Crippen LogP contribution < -0.4 is 5.32 Å². The third-order valence-corrected chi connectivity index (χ3v) is 3.88. The number of aliphatic carboxylic acids is 1. The van der Waals surface area contributed by atoms with Crippen molar-refractivity contribution in [2.45, 2.75) is 25.7 Å². The molecule has 2 aromatic rings. The first-order chi connectivity index (χ1) is 9.74. The van der Waals surface area contributed by atoms with Crippen molar-refractivity contribution in [1.29, 1.82) is 0 Å². The van der Waals surface area contributed by atoms with Gasteiger partial charge < -0.3 is 10.4 Å². The first-order valence-corrected chi connectivity index (χ1v) is 6.73. The van der Waals surface area contributed by atoms with Gasteiger partial charge in [-0.3, -0.25) is 9.78 Å². The van der Waals surface area contributed by atoms with Gasteiger partial charge in [-0.1, -0.05) is 0 Å². The smallest absolute Gasteiger partial charge is 0.306 e. The zero-order valence-corrected chi connectivity index (χ0v) is 10.9. The van der Waals surface area contributed by atoms with Crippen molar-refractivity contribution in [3.05, 3.63) is 12.4 Å². The van der Waals surface area contributed by atoms with Crippen molar-refractivity contribution in [1.82, 2.24) is 25.0 Å².